The number of nitrogens with zero attached hydrogens (tertiary/aromatic N) is 1. The van der Waals surface area contributed by atoms with Crippen molar-refractivity contribution < 1.29 is 23.9 Å². The zero-order valence-electron chi connectivity index (χ0n) is 11.3. The summed E-state index contributed by atoms with van der Waals surface area (Å²) in [7, 11) is 3.02. The summed E-state index contributed by atoms with van der Waals surface area (Å²) >= 11 is 6.01. The second-order valence-electron chi connectivity index (χ2n) is 4.02. The second kappa shape index (κ2) is 6.36. The number of ether oxygens (including phenoxy) is 2. The molecule has 0 amide bonds. The van der Waals surface area contributed by atoms with E-state index in [-0.39, 0.29) is 12.2 Å². The molecule has 0 saturated carbocycles. The quantitative estimate of drug-likeness (QED) is 0.846. The summed E-state index contributed by atoms with van der Waals surface area (Å²) < 4.78 is 15.3. The number of hydrogen-bond donors (Lipinski definition) is 2. The second-order valence-corrected chi connectivity index (χ2v) is 4.43. The fourth-order valence-corrected chi connectivity index (χ4v) is 1.91. The highest BCUT2D eigenvalue weighted by molar-refractivity contribution is 6.32. The molecule has 1 aromatic carbocycles. The van der Waals surface area contributed by atoms with Crippen molar-refractivity contribution in [1.82, 2.24) is 5.16 Å². The molecule has 0 aliphatic rings. The van der Waals surface area contributed by atoms with Gasteiger partial charge in [0.2, 0.25) is 0 Å². The molecular formula is C13H13ClN2O5. The number of carboxylic acids is 1. The summed E-state index contributed by atoms with van der Waals surface area (Å²) in [6.45, 7) is 0.238. The Kier molecular flexibility index (Phi) is 4.54. The van der Waals surface area contributed by atoms with E-state index in [0.717, 1.165) is 0 Å². The molecule has 0 radical (unpaired) electrons. The summed E-state index contributed by atoms with van der Waals surface area (Å²) in [6.07, 6.45) is 0. The summed E-state index contributed by atoms with van der Waals surface area (Å²) in [6, 6.07) is 4.64. The van der Waals surface area contributed by atoms with E-state index in [1.807, 2.05) is 0 Å². The van der Waals surface area contributed by atoms with Gasteiger partial charge in [-0.2, -0.15) is 0 Å². The minimum absolute atomic E-state index is 0.146. The molecule has 7 nitrogen and oxygen atoms in total. The number of methoxy groups -OCH3 is 2. The Morgan fingerprint density at radius 3 is 2.62 bits per heavy atom. The highest BCUT2D eigenvalue weighted by Gasteiger charge is 2.13. The number of benzene rings is 1. The Bertz CT molecular complexity index is 656. The van der Waals surface area contributed by atoms with E-state index in [9.17, 15) is 4.79 Å². The van der Waals surface area contributed by atoms with E-state index in [4.69, 9.17) is 30.7 Å². The maximum Gasteiger partial charge on any atom is 0.358 e. The maximum absolute atomic E-state index is 10.7. The van der Waals surface area contributed by atoms with Gasteiger partial charge in [-0.05, 0) is 0 Å². The molecule has 0 spiro atoms. The van der Waals surface area contributed by atoms with Gasteiger partial charge in [0.25, 0.3) is 0 Å². The van der Waals surface area contributed by atoms with Crippen LogP contribution in [0.3, 0.4) is 0 Å². The molecule has 0 bridgehead atoms. The number of nitrogens with one attached hydrogen (secondary N) is 1. The molecule has 112 valence electrons. The van der Waals surface area contributed by atoms with Crippen molar-refractivity contribution in [3.63, 3.8) is 0 Å². The van der Waals surface area contributed by atoms with Crippen LogP contribution in [0.15, 0.2) is 22.7 Å². The monoisotopic (exact) mass is 312 g/mol. The maximum atomic E-state index is 10.7. The third-order valence-corrected chi connectivity index (χ3v) is 3.00. The van der Waals surface area contributed by atoms with Crippen LogP contribution in [-0.2, 0) is 6.54 Å². The van der Waals surface area contributed by atoms with Gasteiger partial charge in [0.1, 0.15) is 11.5 Å². The van der Waals surface area contributed by atoms with Gasteiger partial charge in [-0.3, -0.25) is 0 Å². The lowest BCUT2D eigenvalue weighted by atomic mass is 10.2. The molecule has 0 aliphatic carbocycles. The lowest BCUT2D eigenvalue weighted by Gasteiger charge is -2.13. The SMILES string of the molecule is COc1cc(NCc2cc(C(=O)O)no2)c(OC)cc1Cl. The fourth-order valence-electron chi connectivity index (χ4n) is 1.68. The number of anilines is 1. The minimum Gasteiger partial charge on any atom is -0.495 e. The molecular weight excluding hydrogens is 300 g/mol. The lowest BCUT2D eigenvalue weighted by Crippen LogP contribution is -2.01. The van der Waals surface area contributed by atoms with Crippen molar-refractivity contribution >= 4 is 23.3 Å². The summed E-state index contributed by atoms with van der Waals surface area (Å²) in [5.41, 5.74) is 0.486. The van der Waals surface area contributed by atoms with Gasteiger partial charge in [0, 0.05) is 18.2 Å². The van der Waals surface area contributed by atoms with E-state index in [2.05, 4.69) is 10.5 Å². The average Bonchev–Trinajstić information content (AvgIpc) is 2.94. The number of rotatable bonds is 6. The first kappa shape index (κ1) is 15.0. The predicted octanol–water partition coefficient (Wildman–Crippen LogP) is 2.66. The third-order valence-electron chi connectivity index (χ3n) is 2.71. The minimum atomic E-state index is -1.14. The van der Waals surface area contributed by atoms with E-state index in [1.54, 1.807) is 12.1 Å². The predicted molar refractivity (Wildman–Crippen MR) is 75.3 cm³/mol. The van der Waals surface area contributed by atoms with Crippen LogP contribution in [-0.4, -0.2) is 30.5 Å². The molecule has 0 fully saturated rings. The molecule has 2 aromatic rings. The van der Waals surface area contributed by atoms with Gasteiger partial charge in [-0.25, -0.2) is 4.79 Å². The summed E-state index contributed by atoms with van der Waals surface area (Å²) in [5.74, 6) is 0.252. The molecule has 1 heterocycles. The zero-order chi connectivity index (χ0) is 15.4. The Balaban J connectivity index is 2.16. The molecule has 0 saturated heterocycles. The van der Waals surface area contributed by atoms with Crippen molar-refractivity contribution in [3.8, 4) is 11.5 Å². The number of hydrogen-bond acceptors (Lipinski definition) is 6. The van der Waals surface area contributed by atoms with E-state index in [1.165, 1.54) is 20.3 Å². The Hall–Kier alpha value is -2.41. The van der Waals surface area contributed by atoms with Crippen LogP contribution >= 0.6 is 11.6 Å². The molecule has 21 heavy (non-hydrogen) atoms. The summed E-state index contributed by atoms with van der Waals surface area (Å²) in [5, 5.41) is 15.7. The van der Waals surface area contributed by atoms with Crippen molar-refractivity contribution in [2.75, 3.05) is 19.5 Å². The molecule has 0 atom stereocenters. The van der Waals surface area contributed by atoms with Crippen molar-refractivity contribution in [2.45, 2.75) is 6.54 Å². The Labute approximate surface area is 125 Å². The highest BCUT2D eigenvalue weighted by atomic mass is 35.5. The van der Waals surface area contributed by atoms with E-state index in [0.29, 0.717) is 28.0 Å². The highest BCUT2D eigenvalue weighted by Crippen LogP contribution is 2.36. The largest absolute Gasteiger partial charge is 0.495 e. The van der Waals surface area contributed by atoms with Gasteiger partial charge >= 0.3 is 5.97 Å². The molecule has 2 N–H and O–H groups in total. The van der Waals surface area contributed by atoms with Crippen LogP contribution in [0.1, 0.15) is 16.2 Å². The molecule has 1 aromatic heterocycles. The van der Waals surface area contributed by atoms with Crippen LogP contribution in [0.25, 0.3) is 0 Å². The van der Waals surface area contributed by atoms with Crippen LogP contribution in [0.4, 0.5) is 5.69 Å². The normalized spacial score (nSPS) is 10.2. The number of aromatic carboxylic acids is 1. The smallest absolute Gasteiger partial charge is 0.358 e. The van der Waals surface area contributed by atoms with Crippen molar-refractivity contribution in [1.29, 1.82) is 0 Å². The van der Waals surface area contributed by atoms with Crippen LogP contribution < -0.4 is 14.8 Å². The van der Waals surface area contributed by atoms with Crippen LogP contribution in [0, 0.1) is 0 Å². The molecule has 0 aliphatic heterocycles. The van der Waals surface area contributed by atoms with Crippen molar-refractivity contribution in [2.24, 2.45) is 0 Å². The number of aromatic nitrogens is 1. The average molecular weight is 313 g/mol. The van der Waals surface area contributed by atoms with Gasteiger partial charge < -0.3 is 24.4 Å². The van der Waals surface area contributed by atoms with Crippen LogP contribution in [0.5, 0.6) is 11.5 Å². The third kappa shape index (κ3) is 3.38. The van der Waals surface area contributed by atoms with Crippen LogP contribution in [0.2, 0.25) is 5.02 Å². The van der Waals surface area contributed by atoms with E-state index >= 15 is 0 Å². The van der Waals surface area contributed by atoms with E-state index < -0.39 is 5.97 Å². The molecule has 0 unspecified atom stereocenters. The first-order valence-corrected chi connectivity index (χ1v) is 6.27. The topological polar surface area (TPSA) is 93.8 Å². The number of halogens is 1. The Morgan fingerprint density at radius 1 is 1.33 bits per heavy atom. The zero-order valence-corrected chi connectivity index (χ0v) is 12.1. The molecule has 8 heteroatoms. The standard InChI is InChI=1S/C13H13ClN2O5/c1-19-11-5-9(12(20-2)4-8(11)14)15-6-7-3-10(13(17)18)16-21-7/h3-5,15H,6H2,1-2H3,(H,17,18). The fraction of sp³-hybridized carbons (Fsp3) is 0.231. The summed E-state index contributed by atoms with van der Waals surface area (Å²) in [4.78, 5) is 10.7. The van der Waals surface area contributed by atoms with Gasteiger partial charge in [0.15, 0.2) is 11.5 Å². The van der Waals surface area contributed by atoms with Crippen molar-refractivity contribution in [3.05, 3.63) is 34.7 Å². The number of carbonyl (C=O) groups is 1. The molecule has 2 rings (SSSR count). The van der Waals surface area contributed by atoms with Gasteiger partial charge in [-0.15, -0.1) is 0 Å². The van der Waals surface area contributed by atoms with Gasteiger partial charge in [0.05, 0.1) is 31.5 Å². The lowest BCUT2D eigenvalue weighted by molar-refractivity contribution is 0.0685. The van der Waals surface area contributed by atoms with Gasteiger partial charge in [-0.1, -0.05) is 16.8 Å². The number of carboxylic acid groups (broad SMARTS) is 1. The Morgan fingerprint density at radius 2 is 2.05 bits per heavy atom. The first-order valence-electron chi connectivity index (χ1n) is 5.89. The first-order chi connectivity index (χ1) is 10.0.